The zero-order valence-electron chi connectivity index (χ0n) is 19.5. The maximum atomic E-state index is 13.3. The molecule has 5 rings (SSSR count). The second-order valence-corrected chi connectivity index (χ2v) is 9.35. The van der Waals surface area contributed by atoms with Crippen molar-refractivity contribution in [2.24, 2.45) is 7.05 Å². The number of rotatable bonds is 7. The fourth-order valence-corrected chi connectivity index (χ4v) is 5.03. The monoisotopic (exact) mass is 483 g/mol. The molecule has 1 atom stereocenters. The number of nitrogens with one attached hydrogen (secondary N) is 1. The molecule has 3 heterocycles. The molecule has 8 heteroatoms. The number of hydrogen-bond acceptors (Lipinski definition) is 5. The van der Waals surface area contributed by atoms with Crippen LogP contribution in [-0.4, -0.2) is 25.0 Å². The summed E-state index contributed by atoms with van der Waals surface area (Å²) in [6.45, 7) is 2.27. The predicted octanol–water partition coefficient (Wildman–Crippen LogP) is 4.46. The van der Waals surface area contributed by atoms with Crippen LogP contribution in [0.1, 0.15) is 29.4 Å². The largest absolute Gasteiger partial charge is 0.342 e. The molecular weight excluding hydrogens is 458 g/mol. The Kier molecular flexibility index (Phi) is 6.29. The Morgan fingerprint density at radius 3 is 2.57 bits per heavy atom. The first-order chi connectivity index (χ1) is 17.0. The van der Waals surface area contributed by atoms with Gasteiger partial charge in [-0.15, -0.1) is 11.3 Å². The molecule has 0 aliphatic rings. The van der Waals surface area contributed by atoms with Crippen molar-refractivity contribution in [3.05, 3.63) is 106 Å². The molecule has 1 amide bonds. The fourth-order valence-electron chi connectivity index (χ4n) is 4.13. The van der Waals surface area contributed by atoms with E-state index in [1.54, 1.807) is 6.20 Å². The van der Waals surface area contributed by atoms with E-state index in [9.17, 15) is 9.59 Å². The summed E-state index contributed by atoms with van der Waals surface area (Å²) < 4.78 is 3.41. The number of benzene rings is 2. The molecule has 5 aromatic rings. The minimum absolute atomic E-state index is 0.136. The van der Waals surface area contributed by atoms with Crippen LogP contribution >= 0.6 is 11.3 Å². The number of nitrogens with zero attached hydrogens (tertiary/aromatic N) is 4. The molecule has 35 heavy (non-hydrogen) atoms. The van der Waals surface area contributed by atoms with Gasteiger partial charge in [-0.1, -0.05) is 60.2 Å². The van der Waals surface area contributed by atoms with Crippen molar-refractivity contribution in [1.29, 1.82) is 0 Å². The van der Waals surface area contributed by atoms with E-state index in [2.05, 4.69) is 15.3 Å². The first-order valence-corrected chi connectivity index (χ1v) is 12.2. The number of imidazole rings is 1. The number of aromatic nitrogens is 4. The van der Waals surface area contributed by atoms with Gasteiger partial charge in [0.2, 0.25) is 5.91 Å². The Bertz CT molecular complexity index is 1530. The quantitative estimate of drug-likeness (QED) is 0.371. The van der Waals surface area contributed by atoms with Gasteiger partial charge in [0.05, 0.1) is 11.7 Å². The Labute approximate surface area is 206 Å². The first-order valence-electron chi connectivity index (χ1n) is 11.4. The van der Waals surface area contributed by atoms with Crippen molar-refractivity contribution in [3.8, 4) is 11.1 Å². The third-order valence-corrected chi connectivity index (χ3v) is 6.94. The number of amides is 1. The van der Waals surface area contributed by atoms with E-state index in [4.69, 9.17) is 0 Å². The van der Waals surface area contributed by atoms with Gasteiger partial charge in [-0.3, -0.25) is 14.2 Å². The van der Waals surface area contributed by atoms with Gasteiger partial charge in [0.15, 0.2) is 0 Å². The molecule has 0 radical (unpaired) electrons. The van der Waals surface area contributed by atoms with Gasteiger partial charge in [-0.05, 0) is 18.1 Å². The lowest BCUT2D eigenvalue weighted by atomic mass is 10.1. The number of hydrogen-bond donors (Lipinski definition) is 1. The standard InChI is InChI=1S/C27H25N5O2S/c1-18-8-10-19(11-9-18)21-16-35-26-23(21)27(34)32(17-29-26)14-12-22(33)30-24(20-6-4-3-5-7-20)25-28-13-15-31(25)2/h3-11,13,15-17,24H,12,14H2,1-2H3,(H,30,33). The Hall–Kier alpha value is -4.04. The molecule has 3 aromatic heterocycles. The highest BCUT2D eigenvalue weighted by atomic mass is 32.1. The average Bonchev–Trinajstić information content (AvgIpc) is 3.50. The Morgan fingerprint density at radius 1 is 1.09 bits per heavy atom. The van der Waals surface area contributed by atoms with Gasteiger partial charge in [-0.2, -0.15) is 0 Å². The molecule has 0 aliphatic carbocycles. The average molecular weight is 484 g/mol. The number of carbonyl (C=O) groups is 1. The maximum absolute atomic E-state index is 13.3. The summed E-state index contributed by atoms with van der Waals surface area (Å²) in [5, 5.41) is 5.65. The lowest BCUT2D eigenvalue weighted by molar-refractivity contribution is -0.121. The van der Waals surface area contributed by atoms with E-state index in [-0.39, 0.29) is 30.5 Å². The van der Waals surface area contributed by atoms with Gasteiger partial charge in [0.25, 0.3) is 5.56 Å². The smallest absolute Gasteiger partial charge is 0.262 e. The van der Waals surface area contributed by atoms with Gasteiger partial charge < -0.3 is 9.88 Å². The number of fused-ring (bicyclic) bond motifs is 1. The summed E-state index contributed by atoms with van der Waals surface area (Å²) in [6, 6.07) is 17.4. The third kappa shape index (κ3) is 4.65. The highest BCUT2D eigenvalue weighted by Crippen LogP contribution is 2.30. The SMILES string of the molecule is Cc1ccc(-c2csc3ncn(CCC(=O)NC(c4ccccc4)c4nccn4C)c(=O)c23)cc1. The molecular formula is C27H25N5O2S. The predicted molar refractivity (Wildman–Crippen MR) is 138 cm³/mol. The summed E-state index contributed by atoms with van der Waals surface area (Å²) in [6.07, 6.45) is 5.24. The van der Waals surface area contributed by atoms with Crippen molar-refractivity contribution in [1.82, 2.24) is 24.4 Å². The van der Waals surface area contributed by atoms with E-state index in [1.807, 2.05) is 84.7 Å². The van der Waals surface area contributed by atoms with E-state index in [0.717, 1.165) is 28.1 Å². The minimum Gasteiger partial charge on any atom is -0.342 e. The zero-order chi connectivity index (χ0) is 24.4. The molecule has 7 nitrogen and oxygen atoms in total. The van der Waals surface area contributed by atoms with Crippen LogP contribution in [0.25, 0.3) is 21.3 Å². The fraction of sp³-hybridized carbons (Fsp3) is 0.185. The van der Waals surface area contributed by atoms with Crippen molar-refractivity contribution in [2.45, 2.75) is 25.9 Å². The van der Waals surface area contributed by atoms with Crippen molar-refractivity contribution in [2.75, 3.05) is 0 Å². The molecule has 2 aromatic carbocycles. The third-order valence-electron chi connectivity index (χ3n) is 6.06. The van der Waals surface area contributed by atoms with Gasteiger partial charge in [-0.25, -0.2) is 9.97 Å². The number of aryl methyl sites for hydroxylation is 3. The van der Waals surface area contributed by atoms with Crippen LogP contribution in [0, 0.1) is 6.92 Å². The van der Waals surface area contributed by atoms with Gasteiger partial charge in [0, 0.05) is 43.4 Å². The summed E-state index contributed by atoms with van der Waals surface area (Å²) >= 11 is 1.45. The highest BCUT2D eigenvalue weighted by molar-refractivity contribution is 7.17. The normalized spacial score (nSPS) is 12.1. The second-order valence-electron chi connectivity index (χ2n) is 8.50. The number of carbonyl (C=O) groups excluding carboxylic acids is 1. The molecule has 0 spiro atoms. The molecule has 0 saturated heterocycles. The second kappa shape index (κ2) is 9.68. The summed E-state index contributed by atoms with van der Waals surface area (Å²) in [7, 11) is 1.90. The lowest BCUT2D eigenvalue weighted by Crippen LogP contribution is -2.32. The van der Waals surface area contributed by atoms with Crippen molar-refractivity contribution in [3.63, 3.8) is 0 Å². The maximum Gasteiger partial charge on any atom is 0.262 e. The van der Waals surface area contributed by atoms with Crippen LogP contribution in [0.5, 0.6) is 0 Å². The van der Waals surface area contributed by atoms with Crippen molar-refractivity contribution >= 4 is 27.5 Å². The van der Waals surface area contributed by atoms with E-state index >= 15 is 0 Å². The van der Waals surface area contributed by atoms with Crippen LogP contribution in [0.3, 0.4) is 0 Å². The van der Waals surface area contributed by atoms with E-state index < -0.39 is 0 Å². The van der Waals surface area contributed by atoms with Crippen LogP contribution in [0.2, 0.25) is 0 Å². The van der Waals surface area contributed by atoms with Gasteiger partial charge in [0.1, 0.15) is 16.7 Å². The molecule has 1 unspecified atom stereocenters. The molecule has 176 valence electrons. The molecule has 0 saturated carbocycles. The van der Waals surface area contributed by atoms with E-state index in [0.29, 0.717) is 10.2 Å². The van der Waals surface area contributed by atoms with Crippen LogP contribution < -0.4 is 10.9 Å². The topological polar surface area (TPSA) is 81.8 Å². The van der Waals surface area contributed by atoms with Crippen LogP contribution in [0.4, 0.5) is 0 Å². The van der Waals surface area contributed by atoms with Crippen molar-refractivity contribution < 1.29 is 4.79 Å². The number of thiophene rings is 1. The minimum atomic E-state index is -0.383. The van der Waals surface area contributed by atoms with Crippen LogP contribution in [-0.2, 0) is 18.4 Å². The van der Waals surface area contributed by atoms with Crippen LogP contribution in [0.15, 0.2) is 83.5 Å². The Balaban J connectivity index is 1.37. The summed E-state index contributed by atoms with van der Waals surface area (Å²) in [5.74, 6) is 0.573. The lowest BCUT2D eigenvalue weighted by Gasteiger charge is -2.19. The molecule has 0 fully saturated rings. The van der Waals surface area contributed by atoms with E-state index in [1.165, 1.54) is 22.2 Å². The molecule has 0 aliphatic heterocycles. The summed E-state index contributed by atoms with van der Waals surface area (Å²) in [4.78, 5) is 35.9. The molecule has 0 bridgehead atoms. The molecule has 1 N–H and O–H groups in total. The Morgan fingerprint density at radius 2 is 1.86 bits per heavy atom. The summed E-state index contributed by atoms with van der Waals surface area (Å²) in [5.41, 5.74) is 3.83. The highest BCUT2D eigenvalue weighted by Gasteiger charge is 2.21. The zero-order valence-corrected chi connectivity index (χ0v) is 20.3. The first kappa shape index (κ1) is 22.7. The van der Waals surface area contributed by atoms with Gasteiger partial charge >= 0.3 is 0 Å².